The third-order valence-corrected chi connectivity index (χ3v) is 4.08. The Morgan fingerprint density at radius 3 is 2.56 bits per heavy atom. The molecule has 0 radical (unpaired) electrons. The van der Waals surface area contributed by atoms with Crippen molar-refractivity contribution in [2.75, 3.05) is 13.1 Å². The van der Waals surface area contributed by atoms with Gasteiger partial charge in [0.25, 0.3) is 0 Å². The van der Waals surface area contributed by atoms with E-state index in [9.17, 15) is 0 Å². The molecule has 1 aromatic carbocycles. The van der Waals surface area contributed by atoms with Gasteiger partial charge < -0.3 is 4.90 Å². The number of rotatable bonds is 1. The van der Waals surface area contributed by atoms with Gasteiger partial charge in [-0.3, -0.25) is 5.41 Å². The molecule has 0 unspecified atom stereocenters. The lowest BCUT2D eigenvalue weighted by atomic mass is 10.1. The minimum Gasteiger partial charge on any atom is -0.357 e. The van der Waals surface area contributed by atoms with Gasteiger partial charge >= 0.3 is 0 Å². The fourth-order valence-corrected chi connectivity index (χ4v) is 2.44. The van der Waals surface area contributed by atoms with Gasteiger partial charge in [0, 0.05) is 23.1 Å². The van der Waals surface area contributed by atoms with Crippen molar-refractivity contribution in [2.24, 2.45) is 0 Å². The maximum absolute atomic E-state index is 8.15. The van der Waals surface area contributed by atoms with E-state index in [2.05, 4.69) is 20.8 Å². The van der Waals surface area contributed by atoms with Gasteiger partial charge in [0.2, 0.25) is 0 Å². The average Bonchev–Trinajstić information content (AvgIpc) is 2.33. The quantitative estimate of drug-likeness (QED) is 0.618. The molecule has 1 aliphatic rings. The Labute approximate surface area is 109 Å². The Hall–Kier alpha value is -0.540. The Kier molecular flexibility index (Phi) is 3.87. The number of hydrogen-bond acceptors (Lipinski definition) is 1. The summed E-state index contributed by atoms with van der Waals surface area (Å²) in [6.07, 6.45) is 3.67. The van der Waals surface area contributed by atoms with Crippen molar-refractivity contribution in [1.82, 2.24) is 4.90 Å². The first kappa shape index (κ1) is 11.9. The maximum Gasteiger partial charge on any atom is 0.128 e. The van der Waals surface area contributed by atoms with E-state index in [1.54, 1.807) is 0 Å². The summed E-state index contributed by atoms with van der Waals surface area (Å²) in [5.74, 6) is 0.608. The lowest BCUT2D eigenvalue weighted by Crippen LogP contribution is -2.35. The van der Waals surface area contributed by atoms with Crippen LogP contribution in [0, 0.1) is 5.41 Å². The Morgan fingerprint density at radius 1 is 1.25 bits per heavy atom. The van der Waals surface area contributed by atoms with E-state index >= 15 is 0 Å². The van der Waals surface area contributed by atoms with Gasteiger partial charge in [-0.2, -0.15) is 0 Å². The van der Waals surface area contributed by atoms with Crippen LogP contribution in [0.4, 0.5) is 0 Å². The predicted octanol–water partition coefficient (Wildman–Crippen LogP) is 3.91. The molecule has 4 heteroatoms. The molecule has 0 amide bonds. The fraction of sp³-hybridized carbons (Fsp3) is 0.417. The molecule has 16 heavy (non-hydrogen) atoms. The van der Waals surface area contributed by atoms with Crippen LogP contribution in [0.2, 0.25) is 5.02 Å². The summed E-state index contributed by atoms with van der Waals surface area (Å²) in [4.78, 5) is 2.14. The number of nitrogens with one attached hydrogen (secondary N) is 1. The lowest BCUT2D eigenvalue weighted by Gasteiger charge is -2.29. The summed E-state index contributed by atoms with van der Waals surface area (Å²) in [6.45, 7) is 2.00. The average molecular weight is 302 g/mol. The number of likely N-dealkylation sites (tertiary alicyclic amines) is 1. The maximum atomic E-state index is 8.15. The molecule has 0 aliphatic carbocycles. The van der Waals surface area contributed by atoms with E-state index in [0.717, 1.165) is 23.1 Å². The van der Waals surface area contributed by atoms with Crippen molar-refractivity contribution < 1.29 is 0 Å². The first-order chi connectivity index (χ1) is 7.68. The molecule has 1 saturated heterocycles. The molecular formula is C12H14BrClN2. The standard InChI is InChI=1S/C12H14BrClN2/c13-10-8-9(4-5-11(10)14)12(15)16-6-2-1-3-7-16/h4-5,8,15H,1-3,6-7H2. The number of amidine groups is 1. The zero-order valence-corrected chi connectivity index (χ0v) is 11.3. The molecule has 0 spiro atoms. The summed E-state index contributed by atoms with van der Waals surface area (Å²) in [5, 5.41) is 8.84. The molecule has 1 aromatic rings. The van der Waals surface area contributed by atoms with E-state index in [-0.39, 0.29) is 0 Å². The monoisotopic (exact) mass is 300 g/mol. The van der Waals surface area contributed by atoms with Gasteiger partial charge in [0.15, 0.2) is 0 Å². The van der Waals surface area contributed by atoms with Gasteiger partial charge in [-0.05, 0) is 53.4 Å². The molecule has 0 aromatic heterocycles. The van der Waals surface area contributed by atoms with E-state index in [0.29, 0.717) is 10.9 Å². The molecule has 1 aliphatic heterocycles. The fourth-order valence-electron chi connectivity index (χ4n) is 1.94. The van der Waals surface area contributed by atoms with Crippen molar-refractivity contribution in [3.8, 4) is 0 Å². The summed E-state index contributed by atoms with van der Waals surface area (Å²) < 4.78 is 0.855. The van der Waals surface area contributed by atoms with Gasteiger partial charge in [0.05, 0.1) is 5.02 Å². The molecule has 0 atom stereocenters. The highest BCUT2D eigenvalue weighted by atomic mass is 79.9. The van der Waals surface area contributed by atoms with Crippen LogP contribution in [-0.4, -0.2) is 23.8 Å². The number of nitrogens with zero attached hydrogens (tertiary/aromatic N) is 1. The molecule has 2 rings (SSSR count). The van der Waals surface area contributed by atoms with Crippen molar-refractivity contribution in [1.29, 1.82) is 5.41 Å². The Morgan fingerprint density at radius 2 is 1.94 bits per heavy atom. The number of piperidine rings is 1. The van der Waals surface area contributed by atoms with Crippen LogP contribution in [0.25, 0.3) is 0 Å². The van der Waals surface area contributed by atoms with Gasteiger partial charge in [-0.15, -0.1) is 0 Å². The number of benzene rings is 1. The Balaban J connectivity index is 2.16. The summed E-state index contributed by atoms with van der Waals surface area (Å²) in [5.41, 5.74) is 0.929. The van der Waals surface area contributed by atoms with Crippen LogP contribution in [-0.2, 0) is 0 Å². The third-order valence-electron chi connectivity index (χ3n) is 2.87. The zero-order valence-electron chi connectivity index (χ0n) is 8.97. The van der Waals surface area contributed by atoms with Gasteiger partial charge in [-0.25, -0.2) is 0 Å². The minimum atomic E-state index is 0.608. The molecule has 86 valence electrons. The summed E-state index contributed by atoms with van der Waals surface area (Å²) in [7, 11) is 0. The highest BCUT2D eigenvalue weighted by Gasteiger charge is 2.15. The van der Waals surface area contributed by atoms with E-state index < -0.39 is 0 Å². The third kappa shape index (κ3) is 2.58. The first-order valence-electron chi connectivity index (χ1n) is 5.47. The van der Waals surface area contributed by atoms with E-state index in [1.807, 2.05) is 18.2 Å². The second-order valence-corrected chi connectivity index (χ2v) is 5.29. The van der Waals surface area contributed by atoms with Crippen LogP contribution >= 0.6 is 27.5 Å². The SMILES string of the molecule is N=C(c1ccc(Cl)c(Br)c1)N1CCCCC1. The normalized spacial score (nSPS) is 16.2. The van der Waals surface area contributed by atoms with Crippen LogP contribution in [0.3, 0.4) is 0 Å². The molecule has 0 saturated carbocycles. The second-order valence-electron chi connectivity index (χ2n) is 4.03. The molecule has 2 nitrogen and oxygen atoms in total. The highest BCUT2D eigenvalue weighted by Crippen LogP contribution is 2.24. The van der Waals surface area contributed by atoms with Crippen molar-refractivity contribution >= 4 is 33.4 Å². The topological polar surface area (TPSA) is 27.1 Å². The highest BCUT2D eigenvalue weighted by molar-refractivity contribution is 9.10. The molecular weight excluding hydrogens is 288 g/mol. The van der Waals surface area contributed by atoms with Crippen LogP contribution in [0.5, 0.6) is 0 Å². The smallest absolute Gasteiger partial charge is 0.128 e. The molecule has 1 N–H and O–H groups in total. The van der Waals surface area contributed by atoms with Crippen LogP contribution in [0.15, 0.2) is 22.7 Å². The van der Waals surface area contributed by atoms with Gasteiger partial charge in [0.1, 0.15) is 5.84 Å². The van der Waals surface area contributed by atoms with Gasteiger partial charge in [-0.1, -0.05) is 11.6 Å². The summed E-state index contributed by atoms with van der Waals surface area (Å²) in [6, 6.07) is 5.66. The van der Waals surface area contributed by atoms with Crippen molar-refractivity contribution in [3.63, 3.8) is 0 Å². The largest absolute Gasteiger partial charge is 0.357 e. The zero-order chi connectivity index (χ0) is 11.5. The molecule has 0 bridgehead atoms. The second kappa shape index (κ2) is 5.19. The Bertz CT molecular complexity index is 400. The van der Waals surface area contributed by atoms with Crippen molar-refractivity contribution in [2.45, 2.75) is 19.3 Å². The lowest BCUT2D eigenvalue weighted by molar-refractivity contribution is 0.341. The number of hydrogen-bond donors (Lipinski definition) is 1. The minimum absolute atomic E-state index is 0.608. The predicted molar refractivity (Wildman–Crippen MR) is 71.4 cm³/mol. The van der Waals surface area contributed by atoms with Crippen LogP contribution in [0.1, 0.15) is 24.8 Å². The number of halogens is 2. The molecule has 1 fully saturated rings. The van der Waals surface area contributed by atoms with E-state index in [1.165, 1.54) is 19.3 Å². The molecule has 1 heterocycles. The summed E-state index contributed by atoms with van der Waals surface area (Å²) >= 11 is 9.33. The van der Waals surface area contributed by atoms with Crippen LogP contribution < -0.4 is 0 Å². The van der Waals surface area contributed by atoms with Crippen molar-refractivity contribution in [3.05, 3.63) is 33.3 Å². The first-order valence-corrected chi connectivity index (χ1v) is 6.64. The van der Waals surface area contributed by atoms with E-state index in [4.69, 9.17) is 17.0 Å².